The SMILES string of the molecule is C=CCC[C]1([Zr][C]2(CCC=C)C=Cc3ccccc32)C=Cc2ccccc21.Cl.Cl. The third-order valence-corrected chi connectivity index (χ3v) is 11.5. The molecule has 0 radical (unpaired) electrons. The van der Waals surface area contributed by atoms with Gasteiger partial charge < -0.3 is 0 Å². The molecule has 0 saturated heterocycles. The summed E-state index contributed by atoms with van der Waals surface area (Å²) in [5.41, 5.74) is 5.93. The molecule has 0 aliphatic heterocycles. The van der Waals surface area contributed by atoms with Crippen LogP contribution in [0.25, 0.3) is 12.2 Å². The molecule has 0 N–H and O–H groups in total. The smallest absolute Gasteiger partial charge is 0.147 e. The minimum atomic E-state index is -0.952. The molecule has 2 aromatic rings. The van der Waals surface area contributed by atoms with Crippen molar-refractivity contribution in [1.82, 2.24) is 0 Å². The van der Waals surface area contributed by atoms with Gasteiger partial charge in [-0.3, -0.25) is 0 Å². The molecule has 0 nitrogen and oxygen atoms in total. The summed E-state index contributed by atoms with van der Waals surface area (Å²) in [5.74, 6) is 0. The molecular formula is C26H28Cl2Zr. The number of hydrogen-bond donors (Lipinski definition) is 0. The summed E-state index contributed by atoms with van der Waals surface area (Å²) in [6, 6.07) is 18.0. The Kier molecular flexibility index (Phi) is 8.53. The van der Waals surface area contributed by atoms with Crippen molar-refractivity contribution in [3.05, 3.63) is 108 Å². The third-order valence-electron chi connectivity index (χ3n) is 5.91. The number of hydrogen-bond acceptors (Lipinski definition) is 0. The van der Waals surface area contributed by atoms with Gasteiger partial charge in [0.15, 0.2) is 0 Å². The summed E-state index contributed by atoms with van der Waals surface area (Å²) in [7, 11) is 0. The van der Waals surface area contributed by atoms with E-state index in [0.717, 1.165) is 12.8 Å². The Morgan fingerprint density at radius 2 is 1.10 bits per heavy atom. The van der Waals surface area contributed by atoms with E-state index in [1.807, 2.05) is 0 Å². The molecule has 2 aliphatic carbocycles. The van der Waals surface area contributed by atoms with Crippen molar-refractivity contribution in [3.63, 3.8) is 0 Å². The molecule has 0 saturated carbocycles. The molecule has 2 atom stereocenters. The average molecular weight is 503 g/mol. The van der Waals surface area contributed by atoms with Crippen LogP contribution in [-0.2, 0) is 29.5 Å². The maximum absolute atomic E-state index is 4.01. The van der Waals surface area contributed by atoms with Gasteiger partial charge in [-0.25, -0.2) is 0 Å². The van der Waals surface area contributed by atoms with Crippen molar-refractivity contribution in [1.29, 1.82) is 0 Å². The Morgan fingerprint density at radius 3 is 1.52 bits per heavy atom. The topological polar surface area (TPSA) is 0 Å². The second-order valence-electron chi connectivity index (χ2n) is 7.56. The molecule has 150 valence electrons. The van der Waals surface area contributed by atoms with Crippen molar-refractivity contribution in [3.8, 4) is 0 Å². The first-order valence-corrected chi connectivity index (χ1v) is 12.3. The van der Waals surface area contributed by atoms with E-state index in [2.05, 4.69) is 98.1 Å². The fourth-order valence-electron chi connectivity index (χ4n) is 4.58. The Labute approximate surface area is 199 Å². The average Bonchev–Trinajstić information content (AvgIpc) is 3.25. The van der Waals surface area contributed by atoms with Crippen LogP contribution in [0.15, 0.2) is 86.0 Å². The van der Waals surface area contributed by atoms with Gasteiger partial charge in [-0.15, -0.1) is 24.8 Å². The maximum atomic E-state index is 4.01. The first-order valence-electron chi connectivity index (χ1n) is 9.82. The van der Waals surface area contributed by atoms with Crippen LogP contribution in [0.3, 0.4) is 0 Å². The van der Waals surface area contributed by atoms with Crippen molar-refractivity contribution in [2.75, 3.05) is 0 Å². The number of rotatable bonds is 8. The van der Waals surface area contributed by atoms with E-state index in [4.69, 9.17) is 0 Å². The molecule has 0 spiro atoms. The van der Waals surface area contributed by atoms with Crippen LogP contribution >= 0.6 is 24.8 Å². The number of fused-ring (bicyclic) bond motifs is 2. The maximum Gasteiger partial charge on any atom is -0.147 e. The largest absolute Gasteiger partial charge is 0.147 e. The van der Waals surface area contributed by atoms with Crippen LogP contribution in [0.2, 0.25) is 0 Å². The fraction of sp³-hybridized carbons (Fsp3) is 0.231. The van der Waals surface area contributed by atoms with E-state index in [1.54, 1.807) is 11.1 Å². The van der Waals surface area contributed by atoms with Crippen LogP contribution < -0.4 is 0 Å². The third kappa shape index (κ3) is 4.48. The first-order chi connectivity index (χ1) is 13.2. The molecule has 0 amide bonds. The first kappa shape index (κ1) is 24.1. The van der Waals surface area contributed by atoms with E-state index in [-0.39, 0.29) is 31.1 Å². The van der Waals surface area contributed by atoms with Crippen LogP contribution in [-0.4, -0.2) is 0 Å². The second kappa shape index (κ2) is 10.3. The van der Waals surface area contributed by atoms with Gasteiger partial charge in [-0.05, 0) is 0 Å². The van der Waals surface area contributed by atoms with E-state index < -0.39 is 23.2 Å². The molecule has 0 fully saturated rings. The van der Waals surface area contributed by atoms with Gasteiger partial charge in [-0.1, -0.05) is 0 Å². The van der Waals surface area contributed by atoms with Gasteiger partial charge >= 0.3 is 176 Å². The predicted octanol–water partition coefficient (Wildman–Crippen LogP) is 7.69. The zero-order valence-corrected chi connectivity index (χ0v) is 20.7. The van der Waals surface area contributed by atoms with Gasteiger partial charge in [-0.2, -0.15) is 0 Å². The van der Waals surface area contributed by atoms with Crippen LogP contribution in [0.4, 0.5) is 0 Å². The summed E-state index contributed by atoms with van der Waals surface area (Å²) in [5, 5.41) is 0. The number of benzene rings is 2. The quantitative estimate of drug-likeness (QED) is 0.325. The van der Waals surface area contributed by atoms with Crippen molar-refractivity contribution in [2.24, 2.45) is 0 Å². The molecule has 0 aromatic heterocycles. The molecule has 29 heavy (non-hydrogen) atoms. The molecule has 0 heterocycles. The van der Waals surface area contributed by atoms with Crippen LogP contribution in [0.5, 0.6) is 0 Å². The molecule has 2 unspecified atom stereocenters. The number of halogens is 2. The molecule has 4 rings (SSSR count). The zero-order valence-electron chi connectivity index (χ0n) is 16.6. The van der Waals surface area contributed by atoms with Crippen LogP contribution in [0, 0.1) is 0 Å². The molecule has 0 bridgehead atoms. The van der Waals surface area contributed by atoms with Gasteiger partial charge in [0.1, 0.15) is 0 Å². The Hall–Kier alpha value is -1.14. The molecule has 2 aromatic carbocycles. The molecule has 2 aliphatic rings. The molecule has 3 heteroatoms. The van der Waals surface area contributed by atoms with Gasteiger partial charge in [0.25, 0.3) is 0 Å². The van der Waals surface area contributed by atoms with E-state index in [1.165, 1.54) is 24.0 Å². The monoisotopic (exact) mass is 500 g/mol. The second-order valence-corrected chi connectivity index (χ2v) is 12.6. The predicted molar refractivity (Wildman–Crippen MR) is 128 cm³/mol. The van der Waals surface area contributed by atoms with Crippen molar-refractivity contribution in [2.45, 2.75) is 31.9 Å². The summed E-state index contributed by atoms with van der Waals surface area (Å²) in [6.07, 6.45) is 18.5. The summed E-state index contributed by atoms with van der Waals surface area (Å²) < 4.78 is 0.466. The van der Waals surface area contributed by atoms with Crippen molar-refractivity contribution >= 4 is 37.0 Å². The summed E-state index contributed by atoms with van der Waals surface area (Å²) >= 11 is -0.952. The van der Waals surface area contributed by atoms with E-state index in [9.17, 15) is 0 Å². The fourth-order valence-corrected chi connectivity index (χ4v) is 10.5. The van der Waals surface area contributed by atoms with Crippen LogP contribution in [0.1, 0.15) is 47.9 Å². The number of allylic oxidation sites excluding steroid dienone is 4. The standard InChI is InChI=1S/2C13H13.2ClH.Zr/c2*1-2-3-6-11-9-10-12-7-4-5-8-13(11)12;;;/h2*2,4-5,7-10H,1,3,6H2;2*1H;. The van der Waals surface area contributed by atoms with E-state index >= 15 is 0 Å². The summed E-state index contributed by atoms with van der Waals surface area (Å²) in [6.45, 7) is 8.02. The minimum absolute atomic E-state index is 0. The zero-order chi connectivity index (χ0) is 18.7. The minimum Gasteiger partial charge on any atom is -0.147 e. The van der Waals surface area contributed by atoms with E-state index in [0.29, 0.717) is 0 Å². The van der Waals surface area contributed by atoms with Gasteiger partial charge in [0.2, 0.25) is 0 Å². The molecular weight excluding hydrogens is 474 g/mol. The Balaban J connectivity index is 0.00000150. The van der Waals surface area contributed by atoms with Gasteiger partial charge in [0, 0.05) is 0 Å². The van der Waals surface area contributed by atoms with Gasteiger partial charge in [0.05, 0.1) is 0 Å². The Morgan fingerprint density at radius 1 is 0.690 bits per heavy atom. The van der Waals surface area contributed by atoms with Crippen molar-refractivity contribution < 1.29 is 23.2 Å². The summed E-state index contributed by atoms with van der Waals surface area (Å²) in [4.78, 5) is 0. The normalized spacial score (nSPS) is 22.8. The Bertz CT molecular complexity index is 854.